The zero-order valence-electron chi connectivity index (χ0n) is 13.6. The van der Waals surface area contributed by atoms with Crippen LogP contribution in [0.1, 0.15) is 24.2 Å². The van der Waals surface area contributed by atoms with Gasteiger partial charge in [-0.2, -0.15) is 0 Å². The van der Waals surface area contributed by atoms with E-state index in [0.29, 0.717) is 13.2 Å². The maximum Gasteiger partial charge on any atom is 0.252 e. The lowest BCUT2D eigenvalue weighted by Gasteiger charge is -2.29. The Morgan fingerprint density at radius 3 is 2.61 bits per heavy atom. The first kappa shape index (κ1) is 17.9. The van der Waals surface area contributed by atoms with Crippen LogP contribution in [-0.2, 0) is 14.6 Å². The Morgan fingerprint density at radius 1 is 1.30 bits per heavy atom. The van der Waals surface area contributed by atoms with E-state index in [9.17, 15) is 13.2 Å². The van der Waals surface area contributed by atoms with E-state index in [1.807, 2.05) is 6.92 Å². The van der Waals surface area contributed by atoms with Crippen LogP contribution >= 0.6 is 0 Å². The molecule has 0 radical (unpaired) electrons. The standard InChI is InChI=1S/C16H24N2O4S/c1-3-23(20,21)15-7-5-4-6-14(15)16(19)17-13(2)12-18-8-10-22-11-9-18/h4-7,13H,3,8-12H2,1-2H3,(H,17,19)/t13-/m1/s1. The fourth-order valence-corrected chi connectivity index (χ4v) is 3.69. The second-order valence-electron chi connectivity index (χ2n) is 5.69. The van der Waals surface area contributed by atoms with Crippen LogP contribution in [0, 0.1) is 0 Å². The summed E-state index contributed by atoms with van der Waals surface area (Å²) < 4.78 is 29.6. The summed E-state index contributed by atoms with van der Waals surface area (Å²) in [4.78, 5) is 14.8. The van der Waals surface area contributed by atoms with Crippen LogP contribution in [0.25, 0.3) is 0 Å². The highest BCUT2D eigenvalue weighted by Crippen LogP contribution is 2.17. The molecular formula is C16H24N2O4S. The van der Waals surface area contributed by atoms with Crippen molar-refractivity contribution in [2.24, 2.45) is 0 Å². The molecule has 1 aromatic carbocycles. The van der Waals surface area contributed by atoms with Crippen molar-refractivity contribution in [3.05, 3.63) is 29.8 Å². The number of benzene rings is 1. The smallest absolute Gasteiger partial charge is 0.252 e. The highest BCUT2D eigenvalue weighted by Gasteiger charge is 2.22. The molecule has 7 heteroatoms. The van der Waals surface area contributed by atoms with E-state index in [2.05, 4.69) is 10.2 Å². The summed E-state index contributed by atoms with van der Waals surface area (Å²) in [6, 6.07) is 6.28. The lowest BCUT2D eigenvalue weighted by atomic mass is 10.2. The molecule has 23 heavy (non-hydrogen) atoms. The quantitative estimate of drug-likeness (QED) is 0.834. The van der Waals surface area contributed by atoms with Crippen LogP contribution in [-0.4, -0.2) is 63.9 Å². The molecule has 0 bridgehead atoms. The molecule has 0 saturated carbocycles. The SMILES string of the molecule is CCS(=O)(=O)c1ccccc1C(=O)N[C@H](C)CN1CCOCC1. The normalized spacial score (nSPS) is 17.7. The van der Waals surface area contributed by atoms with Crippen LogP contribution in [0.5, 0.6) is 0 Å². The average molecular weight is 340 g/mol. The van der Waals surface area contributed by atoms with Gasteiger partial charge in [0.25, 0.3) is 5.91 Å². The van der Waals surface area contributed by atoms with Gasteiger partial charge in [0.1, 0.15) is 0 Å². The molecular weight excluding hydrogens is 316 g/mol. The van der Waals surface area contributed by atoms with Gasteiger partial charge in [-0.1, -0.05) is 19.1 Å². The second-order valence-corrected chi connectivity index (χ2v) is 7.93. The number of morpholine rings is 1. The van der Waals surface area contributed by atoms with Gasteiger partial charge in [0.15, 0.2) is 9.84 Å². The molecule has 1 aromatic rings. The van der Waals surface area contributed by atoms with Crippen molar-refractivity contribution in [3.63, 3.8) is 0 Å². The molecule has 1 aliphatic heterocycles. The van der Waals surface area contributed by atoms with E-state index in [1.54, 1.807) is 25.1 Å². The molecule has 1 N–H and O–H groups in total. The fourth-order valence-electron chi connectivity index (χ4n) is 2.60. The van der Waals surface area contributed by atoms with Crippen molar-refractivity contribution >= 4 is 15.7 Å². The van der Waals surface area contributed by atoms with Gasteiger partial charge in [0.05, 0.1) is 29.4 Å². The lowest BCUT2D eigenvalue weighted by Crippen LogP contribution is -2.46. The minimum Gasteiger partial charge on any atom is -0.379 e. The molecule has 1 aliphatic rings. The first-order valence-electron chi connectivity index (χ1n) is 7.87. The summed E-state index contributed by atoms with van der Waals surface area (Å²) in [6.07, 6.45) is 0. The number of ether oxygens (including phenoxy) is 1. The maximum absolute atomic E-state index is 12.5. The zero-order valence-corrected chi connectivity index (χ0v) is 14.4. The number of carbonyl (C=O) groups excluding carboxylic acids is 1. The Morgan fingerprint density at radius 2 is 1.96 bits per heavy atom. The van der Waals surface area contributed by atoms with E-state index < -0.39 is 9.84 Å². The highest BCUT2D eigenvalue weighted by molar-refractivity contribution is 7.91. The van der Waals surface area contributed by atoms with E-state index in [4.69, 9.17) is 4.74 Å². The summed E-state index contributed by atoms with van der Waals surface area (Å²) in [5.74, 6) is -0.376. The lowest BCUT2D eigenvalue weighted by molar-refractivity contribution is 0.0342. The number of hydrogen-bond acceptors (Lipinski definition) is 5. The van der Waals surface area contributed by atoms with Crippen molar-refractivity contribution in [2.45, 2.75) is 24.8 Å². The van der Waals surface area contributed by atoms with Gasteiger partial charge in [-0.25, -0.2) is 8.42 Å². The van der Waals surface area contributed by atoms with Gasteiger partial charge in [0, 0.05) is 25.7 Å². The van der Waals surface area contributed by atoms with Crippen LogP contribution in [0.15, 0.2) is 29.2 Å². The van der Waals surface area contributed by atoms with Gasteiger partial charge in [-0.3, -0.25) is 9.69 Å². The molecule has 0 spiro atoms. The molecule has 1 saturated heterocycles. The zero-order chi connectivity index (χ0) is 16.9. The van der Waals surface area contributed by atoms with Gasteiger partial charge in [-0.05, 0) is 19.1 Å². The van der Waals surface area contributed by atoms with Crippen molar-refractivity contribution in [3.8, 4) is 0 Å². The summed E-state index contributed by atoms with van der Waals surface area (Å²) >= 11 is 0. The fraction of sp³-hybridized carbons (Fsp3) is 0.562. The van der Waals surface area contributed by atoms with Gasteiger partial charge < -0.3 is 10.1 Å². The third-order valence-corrected chi connectivity index (χ3v) is 5.65. The summed E-state index contributed by atoms with van der Waals surface area (Å²) in [5.41, 5.74) is 0.211. The van der Waals surface area contributed by atoms with Crippen molar-refractivity contribution in [2.75, 3.05) is 38.6 Å². The Labute approximate surface area is 137 Å². The number of carbonyl (C=O) groups is 1. The number of nitrogens with one attached hydrogen (secondary N) is 1. The van der Waals surface area contributed by atoms with Crippen LogP contribution in [0.4, 0.5) is 0 Å². The molecule has 6 nitrogen and oxygen atoms in total. The first-order chi connectivity index (χ1) is 10.9. The Hall–Kier alpha value is -1.44. The largest absolute Gasteiger partial charge is 0.379 e. The molecule has 1 heterocycles. The monoisotopic (exact) mass is 340 g/mol. The molecule has 0 aliphatic carbocycles. The van der Waals surface area contributed by atoms with Crippen molar-refractivity contribution < 1.29 is 17.9 Å². The third kappa shape index (κ3) is 4.76. The Kier molecular flexibility index (Phi) is 6.15. The van der Waals surface area contributed by atoms with Crippen molar-refractivity contribution in [1.29, 1.82) is 0 Å². The summed E-state index contributed by atoms with van der Waals surface area (Å²) in [7, 11) is -3.42. The molecule has 2 rings (SSSR count). The first-order valence-corrected chi connectivity index (χ1v) is 9.52. The van der Waals surface area contributed by atoms with E-state index >= 15 is 0 Å². The minimum absolute atomic E-state index is 0.0272. The molecule has 0 aromatic heterocycles. The van der Waals surface area contributed by atoms with Gasteiger partial charge >= 0.3 is 0 Å². The van der Waals surface area contributed by atoms with E-state index in [-0.39, 0.29) is 28.2 Å². The van der Waals surface area contributed by atoms with Gasteiger partial charge in [0.2, 0.25) is 0 Å². The number of nitrogens with zero attached hydrogens (tertiary/aromatic N) is 1. The third-order valence-electron chi connectivity index (χ3n) is 3.86. The van der Waals surface area contributed by atoms with Crippen molar-refractivity contribution in [1.82, 2.24) is 10.2 Å². The second kappa shape index (κ2) is 7.90. The average Bonchev–Trinajstić information content (AvgIpc) is 2.55. The topological polar surface area (TPSA) is 75.7 Å². The maximum atomic E-state index is 12.5. The molecule has 1 atom stereocenters. The van der Waals surface area contributed by atoms with E-state index in [0.717, 1.165) is 19.6 Å². The predicted octanol–water partition coefficient (Wildman–Crippen LogP) is 0.931. The van der Waals surface area contributed by atoms with Crippen LogP contribution in [0.2, 0.25) is 0 Å². The van der Waals surface area contributed by atoms with Gasteiger partial charge in [-0.15, -0.1) is 0 Å². The minimum atomic E-state index is -3.42. The summed E-state index contributed by atoms with van der Waals surface area (Å²) in [6.45, 7) is 7.33. The molecule has 0 unspecified atom stereocenters. The summed E-state index contributed by atoms with van der Waals surface area (Å²) in [5, 5.41) is 2.89. The van der Waals surface area contributed by atoms with Crippen LogP contribution in [0.3, 0.4) is 0 Å². The van der Waals surface area contributed by atoms with Crippen LogP contribution < -0.4 is 5.32 Å². The highest BCUT2D eigenvalue weighted by atomic mass is 32.2. The Balaban J connectivity index is 2.06. The number of hydrogen-bond donors (Lipinski definition) is 1. The molecule has 1 fully saturated rings. The molecule has 128 valence electrons. The Bertz CT molecular complexity index is 639. The van der Waals surface area contributed by atoms with E-state index in [1.165, 1.54) is 6.07 Å². The number of sulfone groups is 1. The predicted molar refractivity (Wildman–Crippen MR) is 88.4 cm³/mol. The molecule has 1 amide bonds. The number of rotatable bonds is 6. The number of amides is 1.